The first-order valence-corrected chi connectivity index (χ1v) is 9.40. The van der Waals surface area contributed by atoms with Crippen molar-refractivity contribution in [2.75, 3.05) is 6.54 Å². The second kappa shape index (κ2) is 6.10. The van der Waals surface area contributed by atoms with E-state index >= 15 is 0 Å². The summed E-state index contributed by atoms with van der Waals surface area (Å²) in [7, 11) is 0. The van der Waals surface area contributed by atoms with Crippen LogP contribution in [-0.4, -0.2) is 26.4 Å². The molecule has 1 N–H and O–H groups in total. The van der Waals surface area contributed by atoms with Gasteiger partial charge in [-0.2, -0.15) is 0 Å². The zero-order chi connectivity index (χ0) is 16.6. The van der Waals surface area contributed by atoms with Gasteiger partial charge in [0, 0.05) is 37.5 Å². The van der Waals surface area contributed by atoms with Crippen molar-refractivity contribution in [3.8, 4) is 10.7 Å². The molecule has 124 valence electrons. The largest absolute Gasteiger partial charge is 0.361 e. The number of thiophene rings is 1. The molecule has 0 saturated heterocycles. The molecular weight excluding hydrogens is 328 g/mol. The molecule has 0 radical (unpaired) electrons. The van der Waals surface area contributed by atoms with Crippen LogP contribution in [0, 0.1) is 0 Å². The van der Waals surface area contributed by atoms with E-state index in [0.717, 1.165) is 36.8 Å². The van der Waals surface area contributed by atoms with Crippen LogP contribution in [0.25, 0.3) is 21.6 Å². The fraction of sp³-hybridized carbons (Fsp3) is 0.200. The lowest BCUT2D eigenvalue weighted by atomic mass is 10.1. The molecule has 1 aromatic carbocycles. The van der Waals surface area contributed by atoms with Crippen molar-refractivity contribution >= 4 is 22.2 Å². The topological polar surface area (TPSA) is 44.8 Å². The van der Waals surface area contributed by atoms with Crippen molar-refractivity contribution in [2.24, 2.45) is 0 Å². The molecular formula is C20H18N4S. The molecule has 25 heavy (non-hydrogen) atoms. The summed E-state index contributed by atoms with van der Waals surface area (Å²) in [5.41, 5.74) is 5.01. The van der Waals surface area contributed by atoms with Crippen LogP contribution >= 0.6 is 11.3 Å². The van der Waals surface area contributed by atoms with Gasteiger partial charge in [0.15, 0.2) is 5.82 Å². The summed E-state index contributed by atoms with van der Waals surface area (Å²) in [6.07, 6.45) is 5.03. The molecule has 0 aliphatic carbocycles. The summed E-state index contributed by atoms with van der Waals surface area (Å²) in [5.74, 6) is 0.851. The van der Waals surface area contributed by atoms with Gasteiger partial charge in [0.05, 0.1) is 10.6 Å². The number of aromatic amines is 1. The summed E-state index contributed by atoms with van der Waals surface area (Å²) in [6.45, 7) is 2.90. The maximum Gasteiger partial charge on any atom is 0.169 e. The van der Waals surface area contributed by atoms with Gasteiger partial charge in [0.1, 0.15) is 0 Å². The van der Waals surface area contributed by atoms with Crippen LogP contribution in [0.5, 0.6) is 0 Å². The fourth-order valence-electron chi connectivity index (χ4n) is 3.48. The third-order valence-electron chi connectivity index (χ3n) is 4.79. The minimum atomic E-state index is 0.851. The zero-order valence-corrected chi connectivity index (χ0v) is 14.6. The summed E-state index contributed by atoms with van der Waals surface area (Å²) >= 11 is 1.69. The number of benzene rings is 1. The molecule has 0 atom stereocenters. The van der Waals surface area contributed by atoms with Gasteiger partial charge in [-0.3, -0.25) is 4.90 Å². The van der Waals surface area contributed by atoms with E-state index in [1.54, 1.807) is 11.3 Å². The normalized spacial score (nSPS) is 14.7. The molecule has 0 fully saturated rings. The van der Waals surface area contributed by atoms with Crippen LogP contribution in [0.15, 0.2) is 54.2 Å². The standard InChI is InChI=1S/C20H18N4S/c1-2-19(25-9-1)20-22-11-16-6-8-24(13-18(16)23-20)12-14-3-4-17-15(10-14)5-7-21-17/h1-5,7,9-11,21H,6,8,12-13H2. The molecule has 4 aromatic rings. The fourth-order valence-corrected chi connectivity index (χ4v) is 4.14. The highest BCUT2D eigenvalue weighted by molar-refractivity contribution is 7.13. The van der Waals surface area contributed by atoms with Gasteiger partial charge in [-0.05, 0) is 52.6 Å². The number of nitrogens with one attached hydrogen (secondary N) is 1. The molecule has 0 unspecified atom stereocenters. The zero-order valence-electron chi connectivity index (χ0n) is 13.8. The smallest absolute Gasteiger partial charge is 0.169 e. The molecule has 4 heterocycles. The Morgan fingerprint density at radius 1 is 1.20 bits per heavy atom. The molecule has 4 nitrogen and oxygen atoms in total. The second-order valence-corrected chi connectivity index (χ2v) is 7.45. The molecule has 5 heteroatoms. The number of rotatable bonds is 3. The SMILES string of the molecule is c1csc(-c2ncc3c(n2)CN(Cc2ccc4[nH]ccc4c2)CC3)c1. The van der Waals surface area contributed by atoms with E-state index in [2.05, 4.69) is 50.6 Å². The lowest BCUT2D eigenvalue weighted by Gasteiger charge is -2.28. The average molecular weight is 346 g/mol. The first-order valence-electron chi connectivity index (χ1n) is 8.52. The van der Waals surface area contributed by atoms with E-state index in [0.29, 0.717) is 0 Å². The second-order valence-electron chi connectivity index (χ2n) is 6.50. The quantitative estimate of drug-likeness (QED) is 0.603. The van der Waals surface area contributed by atoms with Gasteiger partial charge in [-0.25, -0.2) is 9.97 Å². The van der Waals surface area contributed by atoms with E-state index in [1.807, 2.05) is 18.5 Å². The number of aromatic nitrogens is 3. The Bertz CT molecular complexity index is 1020. The monoisotopic (exact) mass is 346 g/mol. The molecule has 0 saturated carbocycles. The maximum absolute atomic E-state index is 4.84. The highest BCUT2D eigenvalue weighted by Gasteiger charge is 2.19. The van der Waals surface area contributed by atoms with Crippen molar-refractivity contribution in [2.45, 2.75) is 19.5 Å². The van der Waals surface area contributed by atoms with Gasteiger partial charge in [0.2, 0.25) is 0 Å². The van der Waals surface area contributed by atoms with Crippen molar-refractivity contribution in [1.82, 2.24) is 19.9 Å². The van der Waals surface area contributed by atoms with E-state index in [4.69, 9.17) is 4.98 Å². The summed E-state index contributed by atoms with van der Waals surface area (Å²) in [4.78, 5) is 16.3. The Balaban J connectivity index is 1.38. The Morgan fingerprint density at radius 3 is 3.12 bits per heavy atom. The van der Waals surface area contributed by atoms with Crippen LogP contribution in [0.4, 0.5) is 0 Å². The van der Waals surface area contributed by atoms with Crippen LogP contribution in [0.3, 0.4) is 0 Å². The van der Waals surface area contributed by atoms with Gasteiger partial charge >= 0.3 is 0 Å². The highest BCUT2D eigenvalue weighted by atomic mass is 32.1. The minimum Gasteiger partial charge on any atom is -0.361 e. The van der Waals surface area contributed by atoms with Crippen molar-refractivity contribution in [3.05, 3.63) is 71.0 Å². The molecule has 0 spiro atoms. The third-order valence-corrected chi connectivity index (χ3v) is 5.66. The third kappa shape index (κ3) is 2.86. The van der Waals surface area contributed by atoms with Crippen LogP contribution in [-0.2, 0) is 19.5 Å². The molecule has 5 rings (SSSR count). The maximum atomic E-state index is 4.84. The molecule has 0 amide bonds. The molecule has 3 aromatic heterocycles. The van der Waals surface area contributed by atoms with E-state index < -0.39 is 0 Å². The first-order chi connectivity index (χ1) is 12.3. The summed E-state index contributed by atoms with van der Waals surface area (Å²) in [6, 6.07) is 12.9. The van der Waals surface area contributed by atoms with Gasteiger partial charge in [-0.15, -0.1) is 11.3 Å². The van der Waals surface area contributed by atoms with Gasteiger partial charge in [-0.1, -0.05) is 12.1 Å². The van der Waals surface area contributed by atoms with E-state index in [1.165, 1.54) is 27.7 Å². The minimum absolute atomic E-state index is 0.851. The average Bonchev–Trinajstić information content (AvgIpc) is 3.32. The number of H-pyrrole nitrogens is 1. The summed E-state index contributed by atoms with van der Waals surface area (Å²) < 4.78 is 0. The van der Waals surface area contributed by atoms with Crippen molar-refractivity contribution in [1.29, 1.82) is 0 Å². The number of fused-ring (bicyclic) bond motifs is 2. The highest BCUT2D eigenvalue weighted by Crippen LogP contribution is 2.25. The molecule has 1 aliphatic heterocycles. The molecule has 1 aliphatic rings. The summed E-state index contributed by atoms with van der Waals surface area (Å²) in [5, 5.41) is 3.35. The van der Waals surface area contributed by atoms with E-state index in [-0.39, 0.29) is 0 Å². The lowest BCUT2D eigenvalue weighted by molar-refractivity contribution is 0.241. The van der Waals surface area contributed by atoms with Crippen LogP contribution in [0.2, 0.25) is 0 Å². The Hall–Kier alpha value is -2.50. The van der Waals surface area contributed by atoms with Crippen LogP contribution < -0.4 is 0 Å². The van der Waals surface area contributed by atoms with E-state index in [9.17, 15) is 0 Å². The molecule has 0 bridgehead atoms. The first kappa shape index (κ1) is 14.8. The Labute approximate surface area is 150 Å². The number of nitrogens with zero attached hydrogens (tertiary/aromatic N) is 3. The predicted octanol–water partition coefficient (Wildman–Crippen LogP) is 4.24. The van der Waals surface area contributed by atoms with Crippen molar-refractivity contribution < 1.29 is 0 Å². The number of hydrogen-bond acceptors (Lipinski definition) is 4. The van der Waals surface area contributed by atoms with Gasteiger partial charge < -0.3 is 4.98 Å². The van der Waals surface area contributed by atoms with Gasteiger partial charge in [0.25, 0.3) is 0 Å². The number of hydrogen-bond donors (Lipinski definition) is 1. The van der Waals surface area contributed by atoms with Crippen LogP contribution in [0.1, 0.15) is 16.8 Å². The Morgan fingerprint density at radius 2 is 2.20 bits per heavy atom. The predicted molar refractivity (Wildman–Crippen MR) is 101 cm³/mol. The lowest BCUT2D eigenvalue weighted by Crippen LogP contribution is -2.31. The van der Waals surface area contributed by atoms with Crippen molar-refractivity contribution in [3.63, 3.8) is 0 Å². The Kier molecular flexibility index (Phi) is 3.61.